The number of nitrogens with zero attached hydrogens (tertiary/aromatic N) is 2. The molecule has 76 valence electrons. The largest absolute Gasteiger partial charge is 0.298 e. The number of aldehydes is 1. The molecular weight excluding hydrogens is 195 g/mol. The Kier molecular flexibility index (Phi) is 2.58. The van der Waals surface area contributed by atoms with Crippen molar-refractivity contribution in [2.24, 2.45) is 0 Å². The van der Waals surface area contributed by atoms with Gasteiger partial charge in [-0.2, -0.15) is 5.10 Å². The molecule has 0 N–H and O–H groups in total. The Morgan fingerprint density at radius 2 is 2.20 bits per heavy atom. The van der Waals surface area contributed by atoms with Crippen LogP contribution in [0.15, 0.2) is 36.7 Å². The van der Waals surface area contributed by atoms with E-state index in [0.717, 1.165) is 0 Å². The van der Waals surface area contributed by atoms with Gasteiger partial charge in [0.25, 0.3) is 0 Å². The first-order chi connectivity index (χ1) is 7.29. The molecule has 0 spiro atoms. The van der Waals surface area contributed by atoms with E-state index in [0.29, 0.717) is 24.0 Å². The molecule has 1 heterocycles. The van der Waals surface area contributed by atoms with Crippen molar-refractivity contribution in [2.75, 3.05) is 0 Å². The van der Waals surface area contributed by atoms with Crippen molar-refractivity contribution < 1.29 is 9.18 Å². The zero-order valence-electron chi connectivity index (χ0n) is 7.93. The van der Waals surface area contributed by atoms with Crippen molar-refractivity contribution in [3.8, 4) is 0 Å². The van der Waals surface area contributed by atoms with E-state index in [4.69, 9.17) is 0 Å². The summed E-state index contributed by atoms with van der Waals surface area (Å²) in [6, 6.07) is 6.50. The van der Waals surface area contributed by atoms with Crippen LogP contribution in [0.5, 0.6) is 0 Å². The van der Waals surface area contributed by atoms with E-state index in [1.165, 1.54) is 16.9 Å². The average molecular weight is 204 g/mol. The van der Waals surface area contributed by atoms with E-state index >= 15 is 0 Å². The van der Waals surface area contributed by atoms with Crippen LogP contribution < -0.4 is 0 Å². The second-order valence-electron chi connectivity index (χ2n) is 3.18. The first-order valence-electron chi connectivity index (χ1n) is 4.50. The maximum Gasteiger partial charge on any atom is 0.153 e. The Hall–Kier alpha value is -1.97. The van der Waals surface area contributed by atoms with Crippen molar-refractivity contribution in [3.05, 3.63) is 53.6 Å². The molecular formula is C11H9FN2O. The van der Waals surface area contributed by atoms with Gasteiger partial charge >= 0.3 is 0 Å². The van der Waals surface area contributed by atoms with Crippen molar-refractivity contribution in [1.82, 2.24) is 9.78 Å². The van der Waals surface area contributed by atoms with E-state index < -0.39 is 0 Å². The lowest BCUT2D eigenvalue weighted by atomic mass is 10.2. The molecule has 0 aliphatic carbocycles. The number of benzene rings is 1. The van der Waals surface area contributed by atoms with Crippen molar-refractivity contribution in [2.45, 2.75) is 6.54 Å². The summed E-state index contributed by atoms with van der Waals surface area (Å²) < 4.78 is 14.8. The first-order valence-corrected chi connectivity index (χ1v) is 4.50. The van der Waals surface area contributed by atoms with Crippen LogP contribution in [-0.4, -0.2) is 16.1 Å². The zero-order chi connectivity index (χ0) is 10.7. The van der Waals surface area contributed by atoms with E-state index in [9.17, 15) is 9.18 Å². The highest BCUT2D eigenvalue weighted by Crippen LogP contribution is 2.08. The van der Waals surface area contributed by atoms with Crippen LogP contribution in [0.2, 0.25) is 0 Å². The van der Waals surface area contributed by atoms with Gasteiger partial charge in [-0.25, -0.2) is 4.39 Å². The number of carbonyl (C=O) groups is 1. The molecule has 0 aliphatic rings. The Morgan fingerprint density at radius 1 is 1.40 bits per heavy atom. The topological polar surface area (TPSA) is 34.9 Å². The van der Waals surface area contributed by atoms with Crippen molar-refractivity contribution in [3.63, 3.8) is 0 Å². The third kappa shape index (κ3) is 2.10. The summed E-state index contributed by atoms with van der Waals surface area (Å²) in [5, 5.41) is 3.94. The molecule has 0 atom stereocenters. The molecule has 1 aromatic carbocycles. The number of aromatic nitrogens is 2. The van der Waals surface area contributed by atoms with Gasteiger partial charge in [-0.1, -0.05) is 18.2 Å². The second-order valence-corrected chi connectivity index (χ2v) is 3.18. The summed E-state index contributed by atoms with van der Waals surface area (Å²) in [4.78, 5) is 10.4. The summed E-state index contributed by atoms with van der Waals surface area (Å²) >= 11 is 0. The van der Waals surface area contributed by atoms with Gasteiger partial charge in [-0.15, -0.1) is 0 Å². The van der Waals surface area contributed by atoms with Gasteiger partial charge in [0, 0.05) is 11.8 Å². The standard InChI is InChI=1S/C11H9FN2O/c12-11-4-2-1-3-10(11)7-14-6-9(8-15)5-13-14/h1-6,8H,7H2. The van der Waals surface area contributed by atoms with Crippen LogP contribution in [0.25, 0.3) is 0 Å². The predicted octanol–water partition coefficient (Wildman–Crippen LogP) is 1.88. The SMILES string of the molecule is O=Cc1cnn(Cc2ccccc2F)c1. The lowest BCUT2D eigenvalue weighted by molar-refractivity contribution is 0.112. The Balaban J connectivity index is 2.22. The van der Waals surface area contributed by atoms with Gasteiger partial charge in [-0.05, 0) is 6.07 Å². The molecule has 3 nitrogen and oxygen atoms in total. The third-order valence-corrected chi connectivity index (χ3v) is 2.08. The quantitative estimate of drug-likeness (QED) is 0.715. The molecule has 0 amide bonds. The van der Waals surface area contributed by atoms with Gasteiger partial charge in [0.05, 0.1) is 18.3 Å². The van der Waals surface area contributed by atoms with Crippen LogP contribution in [0.4, 0.5) is 4.39 Å². The average Bonchev–Trinajstić information content (AvgIpc) is 2.69. The molecule has 0 unspecified atom stereocenters. The van der Waals surface area contributed by atoms with Gasteiger partial charge in [-0.3, -0.25) is 9.48 Å². The highest BCUT2D eigenvalue weighted by Gasteiger charge is 2.02. The molecule has 2 aromatic rings. The molecule has 1 aromatic heterocycles. The minimum atomic E-state index is -0.263. The van der Waals surface area contributed by atoms with Crippen LogP contribution in [0.1, 0.15) is 15.9 Å². The fourth-order valence-corrected chi connectivity index (χ4v) is 1.33. The third-order valence-electron chi connectivity index (χ3n) is 2.08. The highest BCUT2D eigenvalue weighted by atomic mass is 19.1. The predicted molar refractivity (Wildman–Crippen MR) is 53.1 cm³/mol. The fourth-order valence-electron chi connectivity index (χ4n) is 1.33. The molecule has 0 saturated carbocycles. The Labute approximate surface area is 86.2 Å². The molecule has 0 fully saturated rings. The molecule has 0 aliphatic heterocycles. The number of carbonyl (C=O) groups excluding carboxylic acids is 1. The Morgan fingerprint density at radius 3 is 2.87 bits per heavy atom. The van der Waals surface area contributed by atoms with Crippen LogP contribution in [0, 0.1) is 5.82 Å². The summed E-state index contributed by atoms with van der Waals surface area (Å²) in [6.07, 6.45) is 3.75. The van der Waals surface area contributed by atoms with Crippen molar-refractivity contribution in [1.29, 1.82) is 0 Å². The second kappa shape index (κ2) is 4.04. The number of hydrogen-bond acceptors (Lipinski definition) is 2. The van der Waals surface area contributed by atoms with Crippen LogP contribution in [0.3, 0.4) is 0 Å². The zero-order valence-corrected chi connectivity index (χ0v) is 7.93. The number of hydrogen-bond donors (Lipinski definition) is 0. The lowest BCUT2D eigenvalue weighted by Gasteiger charge is -2.02. The monoisotopic (exact) mass is 204 g/mol. The van der Waals surface area contributed by atoms with Gasteiger partial charge in [0.2, 0.25) is 0 Å². The van der Waals surface area contributed by atoms with E-state index in [1.54, 1.807) is 24.4 Å². The molecule has 0 saturated heterocycles. The van der Waals surface area contributed by atoms with E-state index in [2.05, 4.69) is 5.10 Å². The van der Waals surface area contributed by atoms with E-state index in [1.807, 2.05) is 0 Å². The van der Waals surface area contributed by atoms with Crippen molar-refractivity contribution >= 4 is 6.29 Å². The normalized spacial score (nSPS) is 10.2. The minimum Gasteiger partial charge on any atom is -0.298 e. The van der Waals surface area contributed by atoms with Gasteiger partial charge in [0.1, 0.15) is 5.82 Å². The summed E-state index contributed by atoms with van der Waals surface area (Å²) in [5.74, 6) is -0.263. The molecule has 4 heteroatoms. The fraction of sp³-hybridized carbons (Fsp3) is 0.0909. The smallest absolute Gasteiger partial charge is 0.153 e. The summed E-state index contributed by atoms with van der Waals surface area (Å²) in [5.41, 5.74) is 1.05. The van der Waals surface area contributed by atoms with E-state index in [-0.39, 0.29) is 5.82 Å². The van der Waals surface area contributed by atoms with Crippen LogP contribution in [-0.2, 0) is 6.54 Å². The first kappa shape index (κ1) is 9.58. The molecule has 15 heavy (non-hydrogen) atoms. The van der Waals surface area contributed by atoms with Crippen LogP contribution >= 0.6 is 0 Å². The molecule has 2 rings (SSSR count). The molecule has 0 radical (unpaired) electrons. The van der Waals surface area contributed by atoms with Gasteiger partial charge < -0.3 is 0 Å². The lowest BCUT2D eigenvalue weighted by Crippen LogP contribution is -2.01. The summed E-state index contributed by atoms with van der Waals surface area (Å²) in [7, 11) is 0. The minimum absolute atomic E-state index is 0.263. The number of rotatable bonds is 3. The summed E-state index contributed by atoms with van der Waals surface area (Å²) in [6.45, 7) is 0.334. The maximum atomic E-state index is 13.3. The number of halogens is 1. The van der Waals surface area contributed by atoms with Gasteiger partial charge in [0.15, 0.2) is 6.29 Å². The Bertz CT molecular complexity index is 479. The molecule has 0 bridgehead atoms. The maximum absolute atomic E-state index is 13.3. The highest BCUT2D eigenvalue weighted by molar-refractivity contribution is 5.73.